The Kier molecular flexibility index (Phi) is 5.97. The average molecular weight is 396 g/mol. The van der Waals surface area contributed by atoms with Crippen molar-refractivity contribution in [2.45, 2.75) is 31.7 Å². The standard InChI is InChI=1S/C22H28N4O3/c1-24-12-13-29-20-9-11-26(16-19(20)24)22(28)23-14-17-5-7-18(8-6-17)15-25-10-3-2-4-21(25)27/h2-8,10,19-20H,9,11-16H2,1H3,(H,23,28). The van der Waals surface area contributed by atoms with Crippen LogP contribution in [0.3, 0.4) is 0 Å². The van der Waals surface area contributed by atoms with Crippen LogP contribution in [0.25, 0.3) is 0 Å². The van der Waals surface area contributed by atoms with Crippen LogP contribution in [0, 0.1) is 0 Å². The Hall–Kier alpha value is -2.64. The predicted octanol–water partition coefficient (Wildman–Crippen LogP) is 1.51. The molecule has 1 N–H and O–H groups in total. The van der Waals surface area contributed by atoms with Gasteiger partial charge in [-0.3, -0.25) is 9.69 Å². The zero-order valence-electron chi connectivity index (χ0n) is 16.8. The highest BCUT2D eigenvalue weighted by Gasteiger charge is 2.36. The highest BCUT2D eigenvalue weighted by molar-refractivity contribution is 5.74. The lowest BCUT2D eigenvalue weighted by Crippen LogP contribution is -2.60. The minimum atomic E-state index is -0.0256. The summed E-state index contributed by atoms with van der Waals surface area (Å²) in [6.45, 7) is 4.15. The van der Waals surface area contributed by atoms with Crippen molar-refractivity contribution in [1.29, 1.82) is 0 Å². The number of likely N-dealkylation sites (tertiary alicyclic amines) is 1. The first-order chi connectivity index (χ1) is 14.1. The van der Waals surface area contributed by atoms with E-state index in [1.165, 1.54) is 0 Å². The van der Waals surface area contributed by atoms with E-state index >= 15 is 0 Å². The first kappa shape index (κ1) is 19.7. The van der Waals surface area contributed by atoms with Gasteiger partial charge in [-0.15, -0.1) is 0 Å². The molecule has 0 bridgehead atoms. The van der Waals surface area contributed by atoms with Gasteiger partial charge in [0.05, 0.1) is 25.3 Å². The topological polar surface area (TPSA) is 66.8 Å². The van der Waals surface area contributed by atoms with Gasteiger partial charge in [-0.25, -0.2) is 4.79 Å². The summed E-state index contributed by atoms with van der Waals surface area (Å²) in [6, 6.07) is 13.4. The molecule has 2 aromatic rings. The Morgan fingerprint density at radius 2 is 1.93 bits per heavy atom. The Morgan fingerprint density at radius 3 is 2.72 bits per heavy atom. The van der Waals surface area contributed by atoms with Crippen LogP contribution in [0.2, 0.25) is 0 Å². The van der Waals surface area contributed by atoms with Crippen LogP contribution in [0.1, 0.15) is 17.5 Å². The summed E-state index contributed by atoms with van der Waals surface area (Å²) in [5.74, 6) is 0. The van der Waals surface area contributed by atoms with Crippen LogP contribution in [0.5, 0.6) is 0 Å². The second-order valence-corrected chi connectivity index (χ2v) is 7.83. The summed E-state index contributed by atoms with van der Waals surface area (Å²) >= 11 is 0. The summed E-state index contributed by atoms with van der Waals surface area (Å²) in [5.41, 5.74) is 2.08. The Bertz CT molecular complexity index is 895. The van der Waals surface area contributed by atoms with Crippen molar-refractivity contribution >= 4 is 6.03 Å². The first-order valence-electron chi connectivity index (χ1n) is 10.2. The quantitative estimate of drug-likeness (QED) is 0.851. The molecule has 0 radical (unpaired) electrons. The molecule has 0 spiro atoms. The molecule has 0 aliphatic carbocycles. The summed E-state index contributed by atoms with van der Waals surface area (Å²) in [7, 11) is 2.10. The molecule has 2 saturated heterocycles. The molecule has 1 aromatic carbocycles. The van der Waals surface area contributed by atoms with Gasteiger partial charge in [0.15, 0.2) is 0 Å². The van der Waals surface area contributed by atoms with E-state index in [1.54, 1.807) is 22.9 Å². The molecule has 4 rings (SSSR count). The summed E-state index contributed by atoms with van der Waals surface area (Å²) in [4.78, 5) is 28.6. The number of morpholine rings is 1. The van der Waals surface area contributed by atoms with Crippen molar-refractivity contribution in [1.82, 2.24) is 19.7 Å². The number of piperidine rings is 1. The number of aromatic nitrogens is 1. The molecule has 2 aliphatic heterocycles. The summed E-state index contributed by atoms with van der Waals surface area (Å²) in [5, 5.41) is 3.03. The maximum atomic E-state index is 12.6. The number of pyridine rings is 1. The average Bonchev–Trinajstić information content (AvgIpc) is 2.75. The van der Waals surface area contributed by atoms with Crippen molar-refractivity contribution in [3.8, 4) is 0 Å². The van der Waals surface area contributed by atoms with Gasteiger partial charge in [-0.2, -0.15) is 0 Å². The Labute approximate surface area is 170 Å². The molecule has 2 atom stereocenters. The van der Waals surface area contributed by atoms with E-state index in [0.717, 1.165) is 37.2 Å². The van der Waals surface area contributed by atoms with Gasteiger partial charge < -0.3 is 19.5 Å². The van der Waals surface area contributed by atoms with Crippen molar-refractivity contribution in [3.05, 3.63) is 70.1 Å². The number of fused-ring (bicyclic) bond motifs is 1. The fraction of sp³-hybridized carbons (Fsp3) is 0.455. The van der Waals surface area contributed by atoms with E-state index in [2.05, 4.69) is 17.3 Å². The minimum absolute atomic E-state index is 0.0124. The molecular weight excluding hydrogens is 368 g/mol. The number of nitrogens with one attached hydrogen (secondary N) is 1. The van der Waals surface area contributed by atoms with Crippen LogP contribution in [0.15, 0.2) is 53.5 Å². The largest absolute Gasteiger partial charge is 0.375 e. The maximum Gasteiger partial charge on any atom is 0.317 e. The first-order valence-corrected chi connectivity index (χ1v) is 10.2. The van der Waals surface area contributed by atoms with E-state index in [1.807, 2.05) is 35.2 Å². The van der Waals surface area contributed by atoms with Crippen LogP contribution in [0.4, 0.5) is 4.79 Å². The number of likely N-dealkylation sites (N-methyl/N-ethyl adjacent to an activating group) is 1. The third-order valence-electron chi connectivity index (χ3n) is 5.87. The predicted molar refractivity (Wildman–Crippen MR) is 111 cm³/mol. The van der Waals surface area contributed by atoms with Crippen LogP contribution >= 0.6 is 0 Å². The smallest absolute Gasteiger partial charge is 0.317 e. The molecule has 0 saturated carbocycles. The number of urea groups is 1. The van der Waals surface area contributed by atoms with Gasteiger partial charge in [0.2, 0.25) is 0 Å². The molecule has 29 heavy (non-hydrogen) atoms. The normalized spacial score (nSPS) is 22.2. The number of rotatable bonds is 4. The lowest BCUT2D eigenvalue weighted by molar-refractivity contribution is -0.0881. The van der Waals surface area contributed by atoms with Gasteiger partial charge >= 0.3 is 6.03 Å². The molecule has 1 aromatic heterocycles. The maximum absolute atomic E-state index is 12.6. The molecule has 7 heteroatoms. The molecule has 154 valence electrons. The van der Waals surface area contributed by atoms with E-state index in [4.69, 9.17) is 4.74 Å². The molecule has 3 heterocycles. The number of amides is 2. The van der Waals surface area contributed by atoms with E-state index in [-0.39, 0.29) is 23.7 Å². The lowest BCUT2D eigenvalue weighted by atomic mass is 9.99. The van der Waals surface area contributed by atoms with Gasteiger partial charge in [-0.05, 0) is 30.7 Å². The number of carbonyl (C=O) groups is 1. The highest BCUT2D eigenvalue weighted by Crippen LogP contribution is 2.22. The summed E-state index contributed by atoms with van der Waals surface area (Å²) in [6.07, 6.45) is 2.91. The van der Waals surface area contributed by atoms with Gasteiger partial charge in [0.25, 0.3) is 5.56 Å². The van der Waals surface area contributed by atoms with Crippen molar-refractivity contribution < 1.29 is 9.53 Å². The van der Waals surface area contributed by atoms with Gasteiger partial charge in [0.1, 0.15) is 0 Å². The van der Waals surface area contributed by atoms with Gasteiger partial charge in [-0.1, -0.05) is 30.3 Å². The SMILES string of the molecule is CN1CCOC2CCN(C(=O)NCc3ccc(Cn4ccccc4=O)cc3)CC21. The number of ether oxygens (including phenoxy) is 1. The monoisotopic (exact) mass is 396 g/mol. The third-order valence-corrected chi connectivity index (χ3v) is 5.87. The molecule has 7 nitrogen and oxygen atoms in total. The van der Waals surface area contributed by atoms with Crippen molar-refractivity contribution in [2.75, 3.05) is 33.3 Å². The van der Waals surface area contributed by atoms with Gasteiger partial charge in [0, 0.05) is 38.4 Å². The second kappa shape index (κ2) is 8.80. The zero-order chi connectivity index (χ0) is 20.2. The molecule has 2 amide bonds. The molecule has 2 unspecified atom stereocenters. The van der Waals surface area contributed by atoms with Crippen molar-refractivity contribution in [2.24, 2.45) is 0 Å². The van der Waals surface area contributed by atoms with Crippen LogP contribution in [-0.2, 0) is 17.8 Å². The molecular formula is C22H28N4O3. The van der Waals surface area contributed by atoms with Crippen LogP contribution in [-0.4, -0.2) is 65.8 Å². The molecule has 2 aliphatic rings. The molecule has 2 fully saturated rings. The Balaban J connectivity index is 1.29. The fourth-order valence-electron chi connectivity index (χ4n) is 4.07. The zero-order valence-corrected chi connectivity index (χ0v) is 16.8. The van der Waals surface area contributed by atoms with Crippen molar-refractivity contribution in [3.63, 3.8) is 0 Å². The number of hydrogen-bond donors (Lipinski definition) is 1. The number of nitrogens with zero attached hydrogens (tertiary/aromatic N) is 3. The third kappa shape index (κ3) is 4.68. The van der Waals surface area contributed by atoms with E-state index < -0.39 is 0 Å². The van der Waals surface area contributed by atoms with Crippen LogP contribution < -0.4 is 10.9 Å². The minimum Gasteiger partial charge on any atom is -0.375 e. The Morgan fingerprint density at radius 1 is 1.14 bits per heavy atom. The van der Waals surface area contributed by atoms with E-state index in [0.29, 0.717) is 19.6 Å². The number of hydrogen-bond acceptors (Lipinski definition) is 4. The second-order valence-electron chi connectivity index (χ2n) is 7.83. The summed E-state index contributed by atoms with van der Waals surface area (Å²) < 4.78 is 7.52. The highest BCUT2D eigenvalue weighted by atomic mass is 16.5. The lowest BCUT2D eigenvalue weighted by Gasteiger charge is -2.45. The fourth-order valence-corrected chi connectivity index (χ4v) is 4.07. The van der Waals surface area contributed by atoms with E-state index in [9.17, 15) is 9.59 Å². The number of benzene rings is 1. The number of carbonyl (C=O) groups excluding carboxylic acids is 1.